The fraction of sp³-hybridized carbons (Fsp3) is 0.269. The van der Waals surface area contributed by atoms with E-state index in [4.69, 9.17) is 4.74 Å². The number of nitrogens with one attached hydrogen (secondary N) is 1. The minimum absolute atomic E-state index is 0.104. The summed E-state index contributed by atoms with van der Waals surface area (Å²) in [6.45, 7) is 7.42. The van der Waals surface area contributed by atoms with Crippen LogP contribution in [0.2, 0.25) is 0 Å². The molecule has 174 valence electrons. The Morgan fingerprint density at radius 2 is 1.61 bits per heavy atom. The third kappa shape index (κ3) is 5.54. The van der Waals surface area contributed by atoms with E-state index in [9.17, 15) is 13.2 Å². The Morgan fingerprint density at radius 1 is 0.970 bits per heavy atom. The van der Waals surface area contributed by atoms with Gasteiger partial charge in [0.1, 0.15) is 12.3 Å². The summed E-state index contributed by atoms with van der Waals surface area (Å²) in [6, 6.07) is 19.3. The van der Waals surface area contributed by atoms with Gasteiger partial charge in [-0.25, -0.2) is 8.42 Å². The van der Waals surface area contributed by atoms with Gasteiger partial charge in [-0.2, -0.15) is 0 Å². The number of nitrogens with zero attached hydrogens (tertiary/aromatic N) is 1. The Balaban J connectivity index is 2.04. The van der Waals surface area contributed by atoms with Gasteiger partial charge in [0.05, 0.1) is 17.7 Å². The summed E-state index contributed by atoms with van der Waals surface area (Å²) < 4.78 is 33.9. The van der Waals surface area contributed by atoms with Crippen molar-refractivity contribution in [1.29, 1.82) is 0 Å². The van der Waals surface area contributed by atoms with Crippen LogP contribution in [-0.4, -0.2) is 28.0 Å². The van der Waals surface area contributed by atoms with Crippen molar-refractivity contribution < 1.29 is 17.9 Å². The van der Waals surface area contributed by atoms with Gasteiger partial charge in [0.15, 0.2) is 0 Å². The van der Waals surface area contributed by atoms with Crippen molar-refractivity contribution in [2.24, 2.45) is 0 Å². The number of benzene rings is 3. The number of amides is 1. The number of hydrogen-bond donors (Lipinski definition) is 1. The molecule has 0 atom stereocenters. The number of hydrogen-bond acceptors (Lipinski definition) is 4. The number of carbonyl (C=O) groups is 1. The number of para-hydroxylation sites is 1. The van der Waals surface area contributed by atoms with Gasteiger partial charge in [-0.05, 0) is 61.2 Å². The zero-order valence-corrected chi connectivity index (χ0v) is 20.4. The fourth-order valence-corrected chi connectivity index (χ4v) is 4.99. The molecular formula is C26H30N2O4S. The Morgan fingerprint density at radius 3 is 2.24 bits per heavy atom. The Labute approximate surface area is 196 Å². The molecule has 0 spiro atoms. The standard InChI is InChI=1S/C26H30N2O4S/c1-18(2)22-8-6-7-9-23(22)27-26(29)17-28(24-16-20(4)12-15-25(24)32-5)33(30,31)21-13-10-19(3)11-14-21/h6-16,18H,17H2,1-5H3,(H,27,29). The summed E-state index contributed by atoms with van der Waals surface area (Å²) >= 11 is 0. The van der Waals surface area contributed by atoms with E-state index in [1.165, 1.54) is 7.11 Å². The second kappa shape index (κ2) is 10.1. The molecule has 3 aromatic rings. The van der Waals surface area contributed by atoms with Crippen molar-refractivity contribution in [3.8, 4) is 5.75 Å². The lowest BCUT2D eigenvalue weighted by Crippen LogP contribution is -2.38. The average Bonchev–Trinajstić information content (AvgIpc) is 2.78. The van der Waals surface area contributed by atoms with Gasteiger partial charge in [0.2, 0.25) is 5.91 Å². The minimum atomic E-state index is -4.04. The molecule has 0 heterocycles. The van der Waals surface area contributed by atoms with Gasteiger partial charge in [0.25, 0.3) is 10.0 Å². The summed E-state index contributed by atoms with van der Waals surface area (Å²) in [7, 11) is -2.57. The molecule has 0 saturated carbocycles. The van der Waals surface area contributed by atoms with Gasteiger partial charge in [-0.15, -0.1) is 0 Å². The van der Waals surface area contributed by atoms with Crippen LogP contribution < -0.4 is 14.4 Å². The monoisotopic (exact) mass is 466 g/mol. The van der Waals surface area contributed by atoms with E-state index < -0.39 is 22.5 Å². The summed E-state index contributed by atoms with van der Waals surface area (Å²) in [5.74, 6) is 0.125. The SMILES string of the molecule is COc1ccc(C)cc1N(CC(=O)Nc1ccccc1C(C)C)S(=O)(=O)c1ccc(C)cc1. The Bertz CT molecular complexity index is 1240. The van der Waals surface area contributed by atoms with Crippen molar-refractivity contribution in [2.75, 3.05) is 23.3 Å². The number of aryl methyl sites for hydroxylation is 2. The largest absolute Gasteiger partial charge is 0.495 e. The molecule has 33 heavy (non-hydrogen) atoms. The van der Waals surface area contributed by atoms with E-state index in [-0.39, 0.29) is 10.8 Å². The quantitative estimate of drug-likeness (QED) is 0.491. The maximum Gasteiger partial charge on any atom is 0.264 e. The van der Waals surface area contributed by atoms with E-state index >= 15 is 0 Å². The molecule has 0 bridgehead atoms. The second-order valence-electron chi connectivity index (χ2n) is 8.29. The van der Waals surface area contributed by atoms with E-state index in [1.807, 2.05) is 58.0 Å². The van der Waals surface area contributed by atoms with Gasteiger partial charge >= 0.3 is 0 Å². The van der Waals surface area contributed by atoms with Crippen LogP contribution >= 0.6 is 0 Å². The second-order valence-corrected chi connectivity index (χ2v) is 10.2. The number of ether oxygens (including phenoxy) is 1. The van der Waals surface area contributed by atoms with E-state index in [1.54, 1.807) is 36.4 Å². The van der Waals surface area contributed by atoms with Gasteiger partial charge in [-0.1, -0.05) is 55.8 Å². The lowest BCUT2D eigenvalue weighted by atomic mass is 10.0. The molecule has 0 aliphatic carbocycles. The maximum absolute atomic E-state index is 13.7. The van der Waals surface area contributed by atoms with Gasteiger partial charge in [-0.3, -0.25) is 9.10 Å². The number of sulfonamides is 1. The molecule has 0 unspecified atom stereocenters. The van der Waals surface area contributed by atoms with Crippen molar-refractivity contribution in [3.05, 3.63) is 83.4 Å². The predicted octanol–water partition coefficient (Wildman–Crippen LogP) is 5.27. The van der Waals surface area contributed by atoms with Crippen molar-refractivity contribution >= 4 is 27.3 Å². The summed E-state index contributed by atoms with van der Waals surface area (Å²) in [5.41, 5.74) is 3.75. The third-order valence-corrected chi connectivity index (χ3v) is 7.13. The van der Waals surface area contributed by atoms with Crippen molar-refractivity contribution in [2.45, 2.75) is 38.5 Å². The molecule has 1 amide bonds. The van der Waals surface area contributed by atoms with Crippen molar-refractivity contribution in [1.82, 2.24) is 0 Å². The molecule has 3 rings (SSSR count). The number of carbonyl (C=O) groups excluding carboxylic acids is 1. The molecule has 0 aliphatic rings. The summed E-state index contributed by atoms with van der Waals surface area (Å²) in [4.78, 5) is 13.2. The van der Waals surface area contributed by atoms with Crippen LogP contribution in [0.1, 0.15) is 36.5 Å². The number of anilines is 2. The minimum Gasteiger partial charge on any atom is -0.495 e. The first-order valence-corrected chi connectivity index (χ1v) is 12.2. The molecular weight excluding hydrogens is 436 g/mol. The number of methoxy groups -OCH3 is 1. The highest BCUT2D eigenvalue weighted by molar-refractivity contribution is 7.92. The topological polar surface area (TPSA) is 75.7 Å². The fourth-order valence-electron chi connectivity index (χ4n) is 3.57. The molecule has 0 saturated heterocycles. The molecule has 1 N–H and O–H groups in total. The average molecular weight is 467 g/mol. The molecule has 7 heteroatoms. The van der Waals surface area contributed by atoms with Crippen LogP contribution in [-0.2, 0) is 14.8 Å². The number of rotatable bonds is 8. The van der Waals surface area contributed by atoms with E-state index in [0.29, 0.717) is 17.1 Å². The molecule has 3 aromatic carbocycles. The summed E-state index contributed by atoms with van der Waals surface area (Å²) in [6.07, 6.45) is 0. The molecule has 6 nitrogen and oxygen atoms in total. The van der Waals surface area contributed by atoms with E-state index in [0.717, 1.165) is 21.0 Å². The first-order chi connectivity index (χ1) is 15.6. The van der Waals surface area contributed by atoms with Crippen LogP contribution in [0.15, 0.2) is 71.6 Å². The molecule has 0 radical (unpaired) electrons. The summed E-state index contributed by atoms with van der Waals surface area (Å²) in [5, 5.41) is 2.89. The normalized spacial score (nSPS) is 11.3. The Hall–Kier alpha value is -3.32. The molecule has 0 fully saturated rings. The highest BCUT2D eigenvalue weighted by atomic mass is 32.2. The Kier molecular flexibility index (Phi) is 7.43. The highest BCUT2D eigenvalue weighted by Gasteiger charge is 2.30. The predicted molar refractivity (Wildman–Crippen MR) is 133 cm³/mol. The smallest absolute Gasteiger partial charge is 0.264 e. The van der Waals surface area contributed by atoms with Crippen LogP contribution in [0, 0.1) is 13.8 Å². The maximum atomic E-state index is 13.7. The van der Waals surface area contributed by atoms with Crippen LogP contribution in [0.3, 0.4) is 0 Å². The lowest BCUT2D eigenvalue weighted by molar-refractivity contribution is -0.114. The first kappa shape index (κ1) is 24.3. The van der Waals surface area contributed by atoms with E-state index in [2.05, 4.69) is 5.32 Å². The van der Waals surface area contributed by atoms with Crippen LogP contribution in [0.5, 0.6) is 5.75 Å². The van der Waals surface area contributed by atoms with Gasteiger partial charge in [0, 0.05) is 5.69 Å². The van der Waals surface area contributed by atoms with Crippen molar-refractivity contribution in [3.63, 3.8) is 0 Å². The molecule has 0 aliphatic heterocycles. The first-order valence-electron chi connectivity index (χ1n) is 10.8. The lowest BCUT2D eigenvalue weighted by Gasteiger charge is -2.26. The highest BCUT2D eigenvalue weighted by Crippen LogP contribution is 2.33. The molecule has 0 aromatic heterocycles. The zero-order chi connectivity index (χ0) is 24.2. The van der Waals surface area contributed by atoms with Gasteiger partial charge < -0.3 is 10.1 Å². The van der Waals surface area contributed by atoms with Crippen LogP contribution in [0.4, 0.5) is 11.4 Å². The third-order valence-electron chi connectivity index (χ3n) is 5.36. The van der Waals surface area contributed by atoms with Crippen LogP contribution in [0.25, 0.3) is 0 Å². The zero-order valence-electron chi connectivity index (χ0n) is 19.6.